The van der Waals surface area contributed by atoms with Crippen LogP contribution in [0.3, 0.4) is 0 Å². The number of imidazole rings is 1. The van der Waals surface area contributed by atoms with Crippen LogP contribution < -0.4 is 11.1 Å². The number of anilines is 3. The zero-order valence-corrected chi connectivity index (χ0v) is 15.7. The fourth-order valence-corrected chi connectivity index (χ4v) is 3.18. The highest BCUT2D eigenvalue weighted by atomic mass is 19.4. The molecule has 0 aliphatic rings. The first kappa shape index (κ1) is 18.8. The van der Waals surface area contributed by atoms with E-state index in [-0.39, 0.29) is 5.69 Å². The van der Waals surface area contributed by atoms with Crippen molar-refractivity contribution in [2.24, 2.45) is 0 Å². The number of hydrogen-bond donors (Lipinski definition) is 2. The van der Waals surface area contributed by atoms with Gasteiger partial charge in [-0.25, -0.2) is 9.97 Å². The monoisotopic (exact) mass is 397 g/mol. The average molecular weight is 397 g/mol. The predicted octanol–water partition coefficient (Wildman–Crippen LogP) is 5.38. The summed E-state index contributed by atoms with van der Waals surface area (Å²) in [5.74, 6) is 0.432. The van der Waals surface area contributed by atoms with Gasteiger partial charge in [0.25, 0.3) is 0 Å². The molecule has 0 spiro atoms. The molecule has 5 nitrogen and oxygen atoms in total. The zero-order valence-electron chi connectivity index (χ0n) is 15.7. The SMILES string of the molecule is Cc1cn(-c2cc(Nc3nccc4c(N)c(C)ccc34)cc(C(F)(F)F)c2)cn1. The van der Waals surface area contributed by atoms with Crippen molar-refractivity contribution in [1.82, 2.24) is 14.5 Å². The second kappa shape index (κ2) is 6.80. The summed E-state index contributed by atoms with van der Waals surface area (Å²) >= 11 is 0. The van der Waals surface area contributed by atoms with Gasteiger partial charge in [-0.2, -0.15) is 13.2 Å². The van der Waals surface area contributed by atoms with Crippen molar-refractivity contribution in [3.8, 4) is 5.69 Å². The summed E-state index contributed by atoms with van der Waals surface area (Å²) in [6.07, 6.45) is 0.233. The molecule has 0 aliphatic heterocycles. The lowest BCUT2D eigenvalue weighted by molar-refractivity contribution is -0.137. The van der Waals surface area contributed by atoms with Crippen LogP contribution in [0, 0.1) is 13.8 Å². The van der Waals surface area contributed by atoms with Crippen LogP contribution >= 0.6 is 0 Å². The number of nitrogen functional groups attached to an aromatic ring is 1. The van der Waals surface area contributed by atoms with Gasteiger partial charge in [0.1, 0.15) is 5.82 Å². The summed E-state index contributed by atoms with van der Waals surface area (Å²) in [4.78, 5) is 8.40. The number of nitrogens with zero attached hydrogens (tertiary/aromatic N) is 3. The van der Waals surface area contributed by atoms with Gasteiger partial charge in [0.05, 0.1) is 17.6 Å². The zero-order chi connectivity index (χ0) is 20.8. The van der Waals surface area contributed by atoms with Crippen molar-refractivity contribution in [2.45, 2.75) is 20.0 Å². The number of fused-ring (bicyclic) bond motifs is 1. The highest BCUT2D eigenvalue weighted by Gasteiger charge is 2.31. The topological polar surface area (TPSA) is 68.8 Å². The lowest BCUT2D eigenvalue weighted by Crippen LogP contribution is -2.08. The summed E-state index contributed by atoms with van der Waals surface area (Å²) < 4.78 is 42.0. The van der Waals surface area contributed by atoms with Crippen LogP contribution in [0.25, 0.3) is 16.5 Å². The highest BCUT2D eigenvalue weighted by Crippen LogP contribution is 2.35. The van der Waals surface area contributed by atoms with E-state index in [1.165, 1.54) is 6.33 Å². The fraction of sp³-hybridized carbons (Fsp3) is 0.143. The molecule has 0 saturated heterocycles. The number of benzene rings is 2. The van der Waals surface area contributed by atoms with Gasteiger partial charge in [0, 0.05) is 40.2 Å². The molecular formula is C21H18F3N5. The molecule has 0 fully saturated rings. The van der Waals surface area contributed by atoms with Gasteiger partial charge in [-0.1, -0.05) is 12.1 Å². The maximum atomic E-state index is 13.5. The summed E-state index contributed by atoms with van der Waals surface area (Å²) in [5.41, 5.74) is 8.24. The Morgan fingerprint density at radius 2 is 1.79 bits per heavy atom. The van der Waals surface area contributed by atoms with Crippen LogP contribution in [0.1, 0.15) is 16.8 Å². The first-order chi connectivity index (χ1) is 13.7. The molecular weight excluding hydrogens is 379 g/mol. The van der Waals surface area contributed by atoms with Crippen molar-refractivity contribution in [3.63, 3.8) is 0 Å². The third-order valence-electron chi connectivity index (χ3n) is 4.72. The molecule has 0 atom stereocenters. The number of nitrogens with one attached hydrogen (secondary N) is 1. The molecule has 0 saturated carbocycles. The minimum absolute atomic E-state index is 0.264. The van der Waals surface area contributed by atoms with Gasteiger partial charge >= 0.3 is 6.18 Å². The van der Waals surface area contributed by atoms with Crippen molar-refractivity contribution in [2.75, 3.05) is 11.1 Å². The molecule has 0 unspecified atom stereocenters. The standard InChI is InChI=1S/C21H18F3N5/c1-12-3-4-18-17(19(12)25)5-6-26-20(18)28-15-7-14(21(22,23)24)8-16(9-15)29-10-13(2)27-11-29/h3-11H,25H2,1-2H3,(H,26,28). The normalized spacial score (nSPS) is 11.8. The van der Waals surface area contributed by atoms with E-state index in [1.807, 2.05) is 19.1 Å². The highest BCUT2D eigenvalue weighted by molar-refractivity contribution is 6.01. The van der Waals surface area contributed by atoms with E-state index in [1.54, 1.807) is 36.0 Å². The van der Waals surface area contributed by atoms with E-state index < -0.39 is 11.7 Å². The van der Waals surface area contributed by atoms with Crippen LogP contribution in [0.2, 0.25) is 0 Å². The molecule has 0 aliphatic carbocycles. The summed E-state index contributed by atoms with van der Waals surface area (Å²) in [6, 6.07) is 9.26. The third-order valence-corrected chi connectivity index (χ3v) is 4.72. The molecule has 4 rings (SSSR count). The van der Waals surface area contributed by atoms with Gasteiger partial charge in [0.2, 0.25) is 0 Å². The van der Waals surface area contributed by atoms with Gasteiger partial charge in [-0.3, -0.25) is 0 Å². The second-order valence-electron chi connectivity index (χ2n) is 6.86. The van der Waals surface area contributed by atoms with Crippen LogP contribution in [0.5, 0.6) is 0 Å². The Labute approximate surface area is 165 Å². The maximum absolute atomic E-state index is 13.5. The van der Waals surface area contributed by atoms with Crippen LogP contribution in [0.4, 0.5) is 30.4 Å². The lowest BCUT2D eigenvalue weighted by Gasteiger charge is -2.15. The Hall–Kier alpha value is -3.55. The molecule has 2 aromatic heterocycles. The van der Waals surface area contributed by atoms with E-state index in [9.17, 15) is 13.2 Å². The van der Waals surface area contributed by atoms with Crippen LogP contribution in [-0.4, -0.2) is 14.5 Å². The van der Waals surface area contributed by atoms with E-state index >= 15 is 0 Å². The second-order valence-corrected chi connectivity index (χ2v) is 6.86. The number of nitrogens with two attached hydrogens (primary N) is 1. The molecule has 4 aromatic rings. The van der Waals surface area contributed by atoms with Crippen LogP contribution in [0.15, 0.2) is 55.1 Å². The molecule has 2 heterocycles. The molecule has 0 radical (unpaired) electrons. The molecule has 29 heavy (non-hydrogen) atoms. The smallest absolute Gasteiger partial charge is 0.398 e. The number of hydrogen-bond acceptors (Lipinski definition) is 4. The first-order valence-electron chi connectivity index (χ1n) is 8.86. The molecule has 2 aromatic carbocycles. The van der Waals surface area contributed by atoms with E-state index in [0.29, 0.717) is 22.9 Å². The Morgan fingerprint density at radius 3 is 2.48 bits per heavy atom. The number of pyridine rings is 1. The van der Waals surface area contributed by atoms with Crippen LogP contribution in [-0.2, 0) is 6.18 Å². The minimum Gasteiger partial charge on any atom is -0.398 e. The van der Waals surface area contributed by atoms with Gasteiger partial charge in [0.15, 0.2) is 0 Å². The van der Waals surface area contributed by atoms with Crippen molar-refractivity contribution in [1.29, 1.82) is 0 Å². The summed E-state index contributed by atoms with van der Waals surface area (Å²) in [7, 11) is 0. The average Bonchev–Trinajstić information content (AvgIpc) is 3.11. The van der Waals surface area contributed by atoms with Crippen molar-refractivity contribution < 1.29 is 13.2 Å². The van der Waals surface area contributed by atoms with Crippen molar-refractivity contribution >= 4 is 28.0 Å². The summed E-state index contributed by atoms with van der Waals surface area (Å²) in [5, 5.41) is 4.54. The van der Waals surface area contributed by atoms with E-state index in [0.717, 1.165) is 28.5 Å². The van der Waals surface area contributed by atoms with E-state index in [2.05, 4.69) is 15.3 Å². The van der Waals surface area contributed by atoms with Gasteiger partial charge in [-0.15, -0.1) is 0 Å². The Morgan fingerprint density at radius 1 is 1.00 bits per heavy atom. The quantitative estimate of drug-likeness (QED) is 0.455. The Kier molecular flexibility index (Phi) is 4.41. The molecule has 0 bridgehead atoms. The Bertz CT molecular complexity index is 1210. The molecule has 8 heteroatoms. The number of aryl methyl sites for hydroxylation is 2. The number of alkyl halides is 3. The van der Waals surface area contributed by atoms with Gasteiger partial charge in [-0.05, 0) is 43.7 Å². The van der Waals surface area contributed by atoms with Gasteiger partial charge < -0.3 is 15.6 Å². The molecule has 3 N–H and O–H groups in total. The summed E-state index contributed by atoms with van der Waals surface area (Å²) in [6.45, 7) is 3.67. The van der Waals surface area contributed by atoms with Crippen molar-refractivity contribution in [3.05, 3.63) is 71.9 Å². The first-order valence-corrected chi connectivity index (χ1v) is 8.86. The Balaban J connectivity index is 1.83. The fourth-order valence-electron chi connectivity index (χ4n) is 3.18. The molecule has 0 amide bonds. The number of halogens is 3. The third kappa shape index (κ3) is 3.61. The minimum atomic E-state index is -4.49. The van der Waals surface area contributed by atoms with E-state index in [4.69, 9.17) is 5.73 Å². The predicted molar refractivity (Wildman–Crippen MR) is 107 cm³/mol. The lowest BCUT2D eigenvalue weighted by atomic mass is 10.1. The largest absolute Gasteiger partial charge is 0.416 e. The molecule has 148 valence electrons. The number of aromatic nitrogens is 3. The number of rotatable bonds is 3. The maximum Gasteiger partial charge on any atom is 0.416 e.